The highest BCUT2D eigenvalue weighted by atomic mass is 14.9. The highest BCUT2D eigenvalue weighted by Crippen LogP contribution is 2.16. The Balaban J connectivity index is 2.79. The first-order valence-corrected chi connectivity index (χ1v) is 4.38. The van der Waals surface area contributed by atoms with E-state index in [0.717, 1.165) is 5.69 Å². The fourth-order valence-electron chi connectivity index (χ4n) is 1.22. The Labute approximate surface area is 91.7 Å². The van der Waals surface area contributed by atoms with Crippen LogP contribution in [0, 0.1) is 6.92 Å². The summed E-state index contributed by atoms with van der Waals surface area (Å²) in [4.78, 5) is 0. The molecule has 0 saturated carbocycles. The molecule has 0 bridgehead atoms. The third-order valence-corrected chi connectivity index (χ3v) is 2.18. The third-order valence-electron chi connectivity index (χ3n) is 2.18. The van der Waals surface area contributed by atoms with E-state index >= 15 is 0 Å². The summed E-state index contributed by atoms with van der Waals surface area (Å²) in [7, 11) is 1.86. The van der Waals surface area contributed by atoms with Crippen LogP contribution in [0.1, 0.15) is 12.5 Å². The van der Waals surface area contributed by atoms with E-state index in [4.69, 9.17) is 6.85 Å². The quantitative estimate of drug-likeness (QED) is 0.607. The van der Waals surface area contributed by atoms with Gasteiger partial charge in [0.15, 0.2) is 11.9 Å². The topological polar surface area (TPSA) is 3.88 Å². The van der Waals surface area contributed by atoms with E-state index < -0.39 is 0 Å². The van der Waals surface area contributed by atoms with E-state index in [-0.39, 0.29) is 35.8 Å². The summed E-state index contributed by atoms with van der Waals surface area (Å²) in [6, 6.07) is 2.30. The van der Waals surface area contributed by atoms with Crippen molar-refractivity contribution in [1.29, 1.82) is 0 Å². The number of benzene rings is 1. The molecule has 1 heteroatoms. The number of hydrogen-bond donors (Lipinski definition) is 0. The summed E-state index contributed by atoms with van der Waals surface area (Å²) in [6.07, 6.45) is 1.77. The predicted octanol–water partition coefficient (Wildman–Crippen LogP) is 2.49. The molecule has 1 heterocycles. The largest absolute Gasteiger partial charge is 0.205 e. The molecule has 1 nitrogen and oxygen atoms in total. The first-order valence-electron chi connectivity index (χ1n) is 6.88. The zero-order chi connectivity index (χ0) is 14.3. The summed E-state index contributed by atoms with van der Waals surface area (Å²) in [6.45, 7) is 1.94. The molecule has 0 atom stereocenters. The van der Waals surface area contributed by atoms with Crippen molar-refractivity contribution in [3.8, 4) is 11.1 Å². The first-order chi connectivity index (χ1) is 8.84. The van der Waals surface area contributed by atoms with E-state index in [9.17, 15) is 0 Å². The van der Waals surface area contributed by atoms with Crippen molar-refractivity contribution in [3.05, 3.63) is 54.2 Å². The van der Waals surface area contributed by atoms with Gasteiger partial charge < -0.3 is 0 Å². The molecule has 0 radical (unpaired) electrons. The van der Waals surface area contributed by atoms with Crippen LogP contribution in [0.4, 0.5) is 0 Å². The van der Waals surface area contributed by atoms with Crippen LogP contribution in [0.25, 0.3) is 11.1 Å². The normalized spacial score (nSPS) is 15.1. The van der Waals surface area contributed by atoms with Gasteiger partial charge in [0.05, 0.1) is 6.85 Å². The fourth-order valence-corrected chi connectivity index (χ4v) is 1.22. The van der Waals surface area contributed by atoms with Gasteiger partial charge in [0.2, 0.25) is 0 Å². The van der Waals surface area contributed by atoms with Crippen molar-refractivity contribution in [2.75, 3.05) is 0 Å². The molecular weight excluding hydrogens is 170 g/mol. The van der Waals surface area contributed by atoms with Crippen molar-refractivity contribution in [2.45, 2.75) is 6.92 Å². The van der Waals surface area contributed by atoms with Crippen molar-refractivity contribution < 1.29 is 11.4 Å². The SMILES string of the molecule is [2H]c1c([2H])c([2H])c(-c2ccc(C)[n+](C)c2)c([2H])c1[2H]. The number of aryl methyl sites for hydroxylation is 2. The second-order valence-corrected chi connectivity index (χ2v) is 3.17. The highest BCUT2D eigenvalue weighted by Gasteiger charge is 2.03. The fraction of sp³-hybridized carbons (Fsp3) is 0.154. The van der Waals surface area contributed by atoms with Gasteiger partial charge in [-0.1, -0.05) is 30.2 Å². The van der Waals surface area contributed by atoms with Gasteiger partial charge >= 0.3 is 0 Å². The molecule has 2 rings (SSSR count). The maximum absolute atomic E-state index is 7.92. The predicted molar refractivity (Wildman–Crippen MR) is 57.8 cm³/mol. The monoisotopic (exact) mass is 189 g/mol. The van der Waals surface area contributed by atoms with Gasteiger partial charge in [-0.05, 0) is 11.6 Å². The summed E-state index contributed by atoms with van der Waals surface area (Å²) < 4.78 is 40.6. The molecule has 1 aromatic heterocycles. The number of nitrogens with zero attached hydrogens (tertiary/aromatic N) is 1. The molecule has 0 amide bonds. The molecule has 0 N–H and O–H groups in total. The van der Waals surface area contributed by atoms with Gasteiger partial charge in [-0.2, -0.15) is 0 Å². The molecule has 70 valence electrons. The Morgan fingerprint density at radius 1 is 1.07 bits per heavy atom. The lowest BCUT2D eigenvalue weighted by molar-refractivity contribution is -0.677. The van der Waals surface area contributed by atoms with Crippen LogP contribution in [0.3, 0.4) is 0 Å². The maximum atomic E-state index is 7.92. The van der Waals surface area contributed by atoms with Gasteiger partial charge in [-0.3, -0.25) is 0 Å². The molecule has 0 fully saturated rings. The lowest BCUT2D eigenvalue weighted by Crippen LogP contribution is -2.31. The van der Waals surface area contributed by atoms with E-state index in [1.165, 1.54) is 0 Å². The molecule has 0 spiro atoms. The van der Waals surface area contributed by atoms with Gasteiger partial charge in [-0.25, -0.2) is 4.57 Å². The second-order valence-electron chi connectivity index (χ2n) is 3.17. The van der Waals surface area contributed by atoms with Crippen LogP contribution >= 0.6 is 0 Å². The smallest absolute Gasteiger partial charge is 0.177 e. The van der Waals surface area contributed by atoms with Gasteiger partial charge in [-0.15, -0.1) is 0 Å². The summed E-state index contributed by atoms with van der Waals surface area (Å²) in [5, 5.41) is 0. The van der Waals surface area contributed by atoms with Gasteiger partial charge in [0.25, 0.3) is 0 Å². The minimum atomic E-state index is -0.366. The minimum Gasteiger partial charge on any atom is -0.205 e. The molecule has 0 aliphatic carbocycles. The molecule has 1 aromatic carbocycles. The summed E-state index contributed by atoms with van der Waals surface area (Å²) >= 11 is 0. The molecule has 14 heavy (non-hydrogen) atoms. The summed E-state index contributed by atoms with van der Waals surface area (Å²) in [5.74, 6) is 0. The third kappa shape index (κ3) is 1.67. The van der Waals surface area contributed by atoms with Crippen LogP contribution < -0.4 is 4.57 Å². The molecule has 0 aliphatic rings. The number of pyridine rings is 1. The first kappa shape index (κ1) is 4.74. The number of aromatic nitrogens is 1. The van der Waals surface area contributed by atoms with Crippen molar-refractivity contribution >= 4 is 0 Å². The maximum Gasteiger partial charge on any atom is 0.177 e. The second kappa shape index (κ2) is 3.62. The average Bonchev–Trinajstić information content (AvgIpc) is 2.38. The zero-order valence-electron chi connectivity index (χ0n) is 13.2. The minimum absolute atomic E-state index is 0.171. The lowest BCUT2D eigenvalue weighted by atomic mass is 10.1. The number of hydrogen-bond acceptors (Lipinski definition) is 0. The average molecular weight is 189 g/mol. The molecular formula is C13H14N+. The molecule has 0 unspecified atom stereocenters. The van der Waals surface area contributed by atoms with Crippen molar-refractivity contribution in [1.82, 2.24) is 0 Å². The molecule has 0 saturated heterocycles. The van der Waals surface area contributed by atoms with E-state index in [2.05, 4.69) is 0 Å². The van der Waals surface area contributed by atoms with Crippen LogP contribution in [0.15, 0.2) is 48.5 Å². The molecule has 0 aliphatic heterocycles. The Bertz CT molecular complexity index is 638. The van der Waals surface area contributed by atoms with E-state index in [0.29, 0.717) is 5.56 Å². The van der Waals surface area contributed by atoms with Crippen LogP contribution in [0.5, 0.6) is 0 Å². The van der Waals surface area contributed by atoms with Crippen LogP contribution in [0.2, 0.25) is 0 Å². The molecule has 2 aromatic rings. The van der Waals surface area contributed by atoms with Crippen molar-refractivity contribution in [3.63, 3.8) is 0 Å². The Morgan fingerprint density at radius 2 is 1.79 bits per heavy atom. The van der Waals surface area contributed by atoms with Crippen LogP contribution in [-0.4, -0.2) is 0 Å². The number of rotatable bonds is 1. The van der Waals surface area contributed by atoms with E-state index in [1.807, 2.05) is 24.6 Å². The lowest BCUT2D eigenvalue weighted by Gasteiger charge is -2.00. The Hall–Kier alpha value is -1.63. The Morgan fingerprint density at radius 3 is 2.43 bits per heavy atom. The van der Waals surface area contributed by atoms with Crippen molar-refractivity contribution in [2.24, 2.45) is 7.05 Å². The highest BCUT2D eigenvalue weighted by molar-refractivity contribution is 5.61. The standard InChI is InChI=1S/C13H14N/c1-11-8-9-13(10-14(11)2)12-6-4-3-5-7-12/h3-10H,1-2H3/q+1/i3D,4D,5D,6D,7D. The van der Waals surface area contributed by atoms with Gasteiger partial charge in [0, 0.05) is 18.6 Å². The zero-order valence-corrected chi connectivity index (χ0v) is 8.18. The van der Waals surface area contributed by atoms with Crippen LogP contribution in [-0.2, 0) is 7.05 Å². The van der Waals surface area contributed by atoms with E-state index in [1.54, 1.807) is 12.3 Å². The van der Waals surface area contributed by atoms with Gasteiger partial charge in [0.1, 0.15) is 7.05 Å². The Kier molecular flexibility index (Phi) is 1.23. The summed E-state index contributed by atoms with van der Waals surface area (Å²) in [5.41, 5.74) is 1.88.